The fourth-order valence-electron chi connectivity index (χ4n) is 3.46. The van der Waals surface area contributed by atoms with Gasteiger partial charge in [-0.1, -0.05) is 18.2 Å². The molecule has 0 aliphatic carbocycles. The number of ether oxygens (including phenoxy) is 1. The molecule has 0 spiro atoms. The molecule has 2 aliphatic heterocycles. The number of benzene rings is 1. The Bertz CT molecular complexity index is 477. The van der Waals surface area contributed by atoms with E-state index < -0.39 is 0 Å². The van der Waals surface area contributed by atoms with Crippen LogP contribution in [0.25, 0.3) is 0 Å². The van der Waals surface area contributed by atoms with Crippen LogP contribution < -0.4 is 10.6 Å². The number of fused-ring (bicyclic) bond motifs is 1. The molecule has 1 saturated heterocycles. The first kappa shape index (κ1) is 14.8. The number of nitrogens with zero attached hydrogens (tertiary/aromatic N) is 2. The molecule has 0 aromatic heterocycles. The summed E-state index contributed by atoms with van der Waals surface area (Å²) in [5.74, 6) is 0. The number of hydrogen-bond donors (Lipinski definition) is 1. The Hall–Kier alpha value is -1.10. The average molecular weight is 289 g/mol. The van der Waals surface area contributed by atoms with Gasteiger partial charge >= 0.3 is 0 Å². The molecular formula is C17H27N3O. The Labute approximate surface area is 127 Å². The molecule has 2 aliphatic rings. The Balaban J connectivity index is 1.70. The topological polar surface area (TPSA) is 41.7 Å². The van der Waals surface area contributed by atoms with Crippen molar-refractivity contribution in [2.24, 2.45) is 5.73 Å². The Morgan fingerprint density at radius 2 is 2.10 bits per heavy atom. The molecule has 0 amide bonds. The molecule has 4 nitrogen and oxygen atoms in total. The van der Waals surface area contributed by atoms with Gasteiger partial charge in [0.25, 0.3) is 0 Å². The first-order valence-corrected chi connectivity index (χ1v) is 8.07. The Morgan fingerprint density at radius 3 is 2.90 bits per heavy atom. The number of hydrogen-bond acceptors (Lipinski definition) is 4. The lowest BCUT2D eigenvalue weighted by Crippen LogP contribution is -2.52. The minimum absolute atomic E-state index is 0.227. The Kier molecular flexibility index (Phi) is 4.48. The van der Waals surface area contributed by atoms with E-state index in [4.69, 9.17) is 10.5 Å². The van der Waals surface area contributed by atoms with Gasteiger partial charge in [0.2, 0.25) is 0 Å². The lowest BCUT2D eigenvalue weighted by atomic mass is 9.98. The van der Waals surface area contributed by atoms with Crippen LogP contribution in [0.1, 0.15) is 19.4 Å². The van der Waals surface area contributed by atoms with Crippen LogP contribution in [0.15, 0.2) is 24.3 Å². The number of nitrogens with two attached hydrogens (primary N) is 1. The maximum atomic E-state index is 6.23. The number of para-hydroxylation sites is 1. The smallest absolute Gasteiger partial charge is 0.0877 e. The third kappa shape index (κ3) is 3.39. The van der Waals surface area contributed by atoms with Gasteiger partial charge < -0.3 is 15.4 Å². The van der Waals surface area contributed by atoms with Crippen molar-refractivity contribution in [3.05, 3.63) is 29.8 Å². The van der Waals surface area contributed by atoms with Crippen molar-refractivity contribution in [1.29, 1.82) is 0 Å². The second-order valence-corrected chi connectivity index (χ2v) is 6.58. The molecule has 2 N–H and O–H groups in total. The van der Waals surface area contributed by atoms with E-state index in [1.807, 2.05) is 0 Å². The summed E-state index contributed by atoms with van der Waals surface area (Å²) in [6, 6.07) is 9.45. The monoisotopic (exact) mass is 289 g/mol. The van der Waals surface area contributed by atoms with Gasteiger partial charge in [-0.3, -0.25) is 4.90 Å². The fourth-order valence-corrected chi connectivity index (χ4v) is 3.46. The van der Waals surface area contributed by atoms with Gasteiger partial charge in [0.05, 0.1) is 12.7 Å². The van der Waals surface area contributed by atoms with Crippen LogP contribution in [0.2, 0.25) is 0 Å². The average Bonchev–Trinajstić information content (AvgIpc) is 2.47. The van der Waals surface area contributed by atoms with Crippen molar-refractivity contribution in [3.63, 3.8) is 0 Å². The SMILES string of the molecule is CC(C)N1CCOC(CN2CC(N)Cc3ccccc32)C1. The molecule has 2 heterocycles. The maximum absolute atomic E-state index is 6.23. The number of rotatable bonds is 3. The molecule has 0 radical (unpaired) electrons. The van der Waals surface area contributed by atoms with Gasteiger partial charge in [-0.2, -0.15) is 0 Å². The van der Waals surface area contributed by atoms with E-state index in [0.29, 0.717) is 6.04 Å². The molecule has 2 unspecified atom stereocenters. The molecule has 0 bridgehead atoms. The number of anilines is 1. The van der Waals surface area contributed by atoms with E-state index in [2.05, 4.69) is 47.9 Å². The summed E-state index contributed by atoms with van der Waals surface area (Å²) >= 11 is 0. The molecule has 1 fully saturated rings. The van der Waals surface area contributed by atoms with Crippen LogP contribution in [-0.2, 0) is 11.2 Å². The van der Waals surface area contributed by atoms with Crippen molar-refractivity contribution < 1.29 is 4.74 Å². The summed E-state index contributed by atoms with van der Waals surface area (Å²) < 4.78 is 5.99. The molecule has 1 aromatic carbocycles. The van der Waals surface area contributed by atoms with E-state index in [-0.39, 0.29) is 12.1 Å². The molecule has 0 saturated carbocycles. The first-order valence-electron chi connectivity index (χ1n) is 8.07. The lowest BCUT2D eigenvalue weighted by molar-refractivity contribution is -0.0344. The summed E-state index contributed by atoms with van der Waals surface area (Å²) in [6.45, 7) is 9.29. The predicted molar refractivity (Wildman–Crippen MR) is 86.8 cm³/mol. The van der Waals surface area contributed by atoms with Crippen molar-refractivity contribution in [2.75, 3.05) is 37.7 Å². The van der Waals surface area contributed by atoms with Gasteiger partial charge in [0, 0.05) is 44.0 Å². The zero-order valence-electron chi connectivity index (χ0n) is 13.2. The van der Waals surface area contributed by atoms with E-state index in [0.717, 1.165) is 39.2 Å². The highest BCUT2D eigenvalue weighted by atomic mass is 16.5. The summed E-state index contributed by atoms with van der Waals surface area (Å²) in [5.41, 5.74) is 8.93. The van der Waals surface area contributed by atoms with E-state index in [1.54, 1.807) is 0 Å². The summed E-state index contributed by atoms with van der Waals surface area (Å²) in [6.07, 6.45) is 1.26. The van der Waals surface area contributed by atoms with Gasteiger partial charge in [0.15, 0.2) is 0 Å². The molecule has 2 atom stereocenters. The molecule has 3 rings (SSSR count). The fraction of sp³-hybridized carbons (Fsp3) is 0.647. The van der Waals surface area contributed by atoms with Crippen LogP contribution >= 0.6 is 0 Å². The largest absolute Gasteiger partial charge is 0.374 e. The van der Waals surface area contributed by atoms with Gasteiger partial charge in [-0.05, 0) is 31.9 Å². The van der Waals surface area contributed by atoms with Crippen molar-refractivity contribution in [1.82, 2.24) is 4.90 Å². The van der Waals surface area contributed by atoms with Crippen LogP contribution in [0.3, 0.4) is 0 Å². The third-order valence-corrected chi connectivity index (χ3v) is 4.59. The van der Waals surface area contributed by atoms with Gasteiger partial charge in [-0.15, -0.1) is 0 Å². The molecule has 4 heteroatoms. The van der Waals surface area contributed by atoms with Crippen molar-refractivity contribution >= 4 is 5.69 Å². The quantitative estimate of drug-likeness (QED) is 0.915. The standard InChI is InChI=1S/C17H27N3O/c1-13(2)19-7-8-21-16(11-19)12-20-10-15(18)9-14-5-3-4-6-17(14)20/h3-6,13,15-16H,7-12,18H2,1-2H3. The van der Waals surface area contributed by atoms with Crippen LogP contribution in [0, 0.1) is 0 Å². The summed E-state index contributed by atoms with van der Waals surface area (Å²) in [4.78, 5) is 4.92. The van der Waals surface area contributed by atoms with Crippen molar-refractivity contribution in [3.8, 4) is 0 Å². The molecule has 116 valence electrons. The van der Waals surface area contributed by atoms with Crippen LogP contribution in [0.4, 0.5) is 5.69 Å². The number of morpholine rings is 1. The molecule has 1 aromatic rings. The highest BCUT2D eigenvalue weighted by molar-refractivity contribution is 5.56. The predicted octanol–water partition coefficient (Wildman–Crippen LogP) is 1.49. The summed E-state index contributed by atoms with van der Waals surface area (Å²) in [7, 11) is 0. The second kappa shape index (κ2) is 6.34. The highest BCUT2D eigenvalue weighted by Crippen LogP contribution is 2.27. The minimum atomic E-state index is 0.227. The highest BCUT2D eigenvalue weighted by Gasteiger charge is 2.28. The van der Waals surface area contributed by atoms with E-state index in [1.165, 1.54) is 11.3 Å². The first-order chi connectivity index (χ1) is 10.1. The van der Waals surface area contributed by atoms with E-state index in [9.17, 15) is 0 Å². The Morgan fingerprint density at radius 1 is 1.29 bits per heavy atom. The minimum Gasteiger partial charge on any atom is -0.374 e. The lowest BCUT2D eigenvalue weighted by Gasteiger charge is -2.41. The molecular weight excluding hydrogens is 262 g/mol. The van der Waals surface area contributed by atoms with Crippen molar-refractivity contribution in [2.45, 2.75) is 38.5 Å². The zero-order chi connectivity index (χ0) is 14.8. The van der Waals surface area contributed by atoms with Gasteiger partial charge in [0.1, 0.15) is 0 Å². The zero-order valence-corrected chi connectivity index (χ0v) is 13.2. The maximum Gasteiger partial charge on any atom is 0.0877 e. The van der Waals surface area contributed by atoms with Crippen LogP contribution in [0.5, 0.6) is 0 Å². The van der Waals surface area contributed by atoms with E-state index >= 15 is 0 Å². The second-order valence-electron chi connectivity index (χ2n) is 6.58. The van der Waals surface area contributed by atoms with Crippen LogP contribution in [-0.4, -0.2) is 55.9 Å². The third-order valence-electron chi connectivity index (χ3n) is 4.59. The normalized spacial score (nSPS) is 27.0. The summed E-state index contributed by atoms with van der Waals surface area (Å²) in [5, 5.41) is 0. The van der Waals surface area contributed by atoms with Gasteiger partial charge in [-0.25, -0.2) is 0 Å². The molecule has 21 heavy (non-hydrogen) atoms.